The number of hydrazone groups is 1. The predicted octanol–water partition coefficient (Wildman–Crippen LogP) is 3.79. The fraction of sp³-hybridized carbons (Fsp3) is 0.154. The van der Waals surface area contributed by atoms with Crippen LogP contribution in [0.1, 0.15) is 16.8 Å². The van der Waals surface area contributed by atoms with E-state index in [-0.39, 0.29) is 11.5 Å². The smallest absolute Gasteiger partial charge is 0.255 e. The Kier molecular flexibility index (Phi) is 4.88. The van der Waals surface area contributed by atoms with E-state index in [2.05, 4.69) is 20.5 Å². The largest absolute Gasteiger partial charge is 0.291 e. The number of aromatic nitrogens is 2. The van der Waals surface area contributed by atoms with Crippen LogP contribution >= 0.6 is 34.8 Å². The fourth-order valence-corrected chi connectivity index (χ4v) is 2.15. The molecule has 0 radical (unpaired) electrons. The molecular weight excluding hydrogens is 335 g/mol. The molecule has 1 aromatic carbocycles. The standard InChI is InChI=1S/C13H11Cl3N4O/c1-6-7(2)18-13(19-12(6)21)20-17-5-8-9(14)3-4-10(15)11(8)16/h3-5H,1-2H3,(H2,18,19,20,21)/b17-5-. The lowest BCUT2D eigenvalue weighted by atomic mass is 10.2. The second-order valence-corrected chi connectivity index (χ2v) is 5.44. The van der Waals surface area contributed by atoms with Crippen LogP contribution < -0.4 is 11.0 Å². The van der Waals surface area contributed by atoms with E-state index in [4.69, 9.17) is 34.8 Å². The molecule has 0 bridgehead atoms. The summed E-state index contributed by atoms with van der Waals surface area (Å²) in [5, 5.41) is 5.04. The number of hydrogen-bond acceptors (Lipinski definition) is 4. The summed E-state index contributed by atoms with van der Waals surface area (Å²) in [6, 6.07) is 3.21. The third-order valence-corrected chi connectivity index (χ3v) is 3.99. The van der Waals surface area contributed by atoms with Gasteiger partial charge in [-0.1, -0.05) is 34.8 Å². The molecule has 2 rings (SSSR count). The highest BCUT2D eigenvalue weighted by atomic mass is 35.5. The predicted molar refractivity (Wildman–Crippen MR) is 87.0 cm³/mol. The summed E-state index contributed by atoms with van der Waals surface area (Å²) < 4.78 is 0. The fourth-order valence-electron chi connectivity index (χ4n) is 1.52. The quantitative estimate of drug-likeness (QED) is 0.505. The van der Waals surface area contributed by atoms with E-state index in [9.17, 15) is 4.79 Å². The first kappa shape index (κ1) is 15.8. The van der Waals surface area contributed by atoms with Gasteiger partial charge in [0.05, 0.1) is 21.3 Å². The van der Waals surface area contributed by atoms with Crippen LogP contribution in [0.15, 0.2) is 22.0 Å². The van der Waals surface area contributed by atoms with Gasteiger partial charge in [-0.05, 0) is 26.0 Å². The van der Waals surface area contributed by atoms with Crippen molar-refractivity contribution in [3.05, 3.63) is 54.4 Å². The lowest BCUT2D eigenvalue weighted by Gasteiger charge is -2.04. The van der Waals surface area contributed by atoms with Crippen LogP contribution in [0.4, 0.5) is 5.95 Å². The van der Waals surface area contributed by atoms with Crippen LogP contribution in [0.25, 0.3) is 0 Å². The van der Waals surface area contributed by atoms with Crippen LogP contribution in [-0.2, 0) is 0 Å². The molecule has 0 unspecified atom stereocenters. The first-order valence-corrected chi connectivity index (χ1v) is 7.03. The molecule has 0 amide bonds. The summed E-state index contributed by atoms with van der Waals surface area (Å²) >= 11 is 18.0. The van der Waals surface area contributed by atoms with Gasteiger partial charge in [0.1, 0.15) is 0 Å². The van der Waals surface area contributed by atoms with Crippen LogP contribution in [0.5, 0.6) is 0 Å². The van der Waals surface area contributed by atoms with Crippen molar-refractivity contribution in [1.29, 1.82) is 0 Å². The van der Waals surface area contributed by atoms with E-state index in [1.165, 1.54) is 6.21 Å². The van der Waals surface area contributed by atoms with Crippen molar-refractivity contribution in [2.75, 3.05) is 5.43 Å². The number of halogens is 3. The van der Waals surface area contributed by atoms with Gasteiger partial charge in [-0.15, -0.1) is 0 Å². The number of aromatic amines is 1. The lowest BCUT2D eigenvalue weighted by molar-refractivity contribution is 1.01. The molecule has 0 atom stereocenters. The molecule has 0 fully saturated rings. The monoisotopic (exact) mass is 344 g/mol. The molecule has 0 saturated carbocycles. The molecule has 5 nitrogen and oxygen atoms in total. The van der Waals surface area contributed by atoms with Crippen molar-refractivity contribution < 1.29 is 0 Å². The molecular formula is C13H11Cl3N4O. The van der Waals surface area contributed by atoms with Crippen molar-refractivity contribution in [3.63, 3.8) is 0 Å². The topological polar surface area (TPSA) is 70.1 Å². The Morgan fingerprint density at radius 3 is 2.57 bits per heavy atom. The van der Waals surface area contributed by atoms with Gasteiger partial charge >= 0.3 is 0 Å². The SMILES string of the molecule is Cc1nc(N/N=C\c2c(Cl)ccc(Cl)c2Cl)[nH]c(=O)c1C. The number of H-pyrrole nitrogens is 1. The molecule has 2 aromatic rings. The summed E-state index contributed by atoms with van der Waals surface area (Å²) in [7, 11) is 0. The Morgan fingerprint density at radius 2 is 1.90 bits per heavy atom. The third-order valence-electron chi connectivity index (χ3n) is 2.84. The zero-order valence-electron chi connectivity index (χ0n) is 11.2. The van der Waals surface area contributed by atoms with E-state index in [0.29, 0.717) is 31.9 Å². The van der Waals surface area contributed by atoms with Gasteiger partial charge in [-0.25, -0.2) is 10.4 Å². The zero-order chi connectivity index (χ0) is 15.6. The van der Waals surface area contributed by atoms with Gasteiger partial charge in [0.25, 0.3) is 5.56 Å². The van der Waals surface area contributed by atoms with Crippen molar-refractivity contribution in [1.82, 2.24) is 9.97 Å². The van der Waals surface area contributed by atoms with Gasteiger partial charge in [-0.2, -0.15) is 5.10 Å². The summed E-state index contributed by atoms with van der Waals surface area (Å²) in [4.78, 5) is 18.3. The van der Waals surface area contributed by atoms with E-state index >= 15 is 0 Å². The molecule has 8 heteroatoms. The van der Waals surface area contributed by atoms with Crippen molar-refractivity contribution in [3.8, 4) is 0 Å². The minimum absolute atomic E-state index is 0.223. The average Bonchev–Trinajstić information content (AvgIpc) is 2.44. The first-order valence-electron chi connectivity index (χ1n) is 5.90. The van der Waals surface area contributed by atoms with Gasteiger partial charge in [-0.3, -0.25) is 9.78 Å². The number of nitrogens with one attached hydrogen (secondary N) is 2. The van der Waals surface area contributed by atoms with Crippen LogP contribution in [-0.4, -0.2) is 16.2 Å². The highest BCUT2D eigenvalue weighted by Crippen LogP contribution is 2.29. The van der Waals surface area contributed by atoms with Gasteiger partial charge in [0, 0.05) is 16.8 Å². The molecule has 0 aliphatic rings. The number of aryl methyl sites for hydroxylation is 1. The number of anilines is 1. The summed E-state index contributed by atoms with van der Waals surface area (Å²) in [5.74, 6) is 0.230. The minimum Gasteiger partial charge on any atom is -0.291 e. The molecule has 0 aliphatic heterocycles. The maximum atomic E-state index is 11.6. The van der Waals surface area contributed by atoms with Crippen molar-refractivity contribution in [2.24, 2.45) is 5.10 Å². The normalized spacial score (nSPS) is 11.1. The van der Waals surface area contributed by atoms with Crippen LogP contribution in [0.3, 0.4) is 0 Å². The molecule has 21 heavy (non-hydrogen) atoms. The van der Waals surface area contributed by atoms with E-state index in [1.807, 2.05) is 0 Å². The number of benzene rings is 1. The molecule has 0 spiro atoms. The summed E-state index contributed by atoms with van der Waals surface area (Å²) in [6.07, 6.45) is 1.41. The van der Waals surface area contributed by atoms with Gasteiger partial charge in [0.15, 0.2) is 0 Å². The van der Waals surface area contributed by atoms with Crippen LogP contribution in [0.2, 0.25) is 15.1 Å². The van der Waals surface area contributed by atoms with Gasteiger partial charge < -0.3 is 0 Å². The third kappa shape index (κ3) is 3.56. The summed E-state index contributed by atoms with van der Waals surface area (Å²) in [6.45, 7) is 3.43. The molecule has 1 aromatic heterocycles. The van der Waals surface area contributed by atoms with E-state index in [1.54, 1.807) is 26.0 Å². The molecule has 0 saturated heterocycles. The Hall–Kier alpha value is -1.56. The molecule has 0 aliphatic carbocycles. The Bertz CT molecular complexity index is 771. The van der Waals surface area contributed by atoms with Crippen molar-refractivity contribution in [2.45, 2.75) is 13.8 Å². The second-order valence-electron chi connectivity index (χ2n) is 4.25. The van der Waals surface area contributed by atoms with Gasteiger partial charge in [0.2, 0.25) is 5.95 Å². The molecule has 110 valence electrons. The minimum atomic E-state index is -0.223. The second kappa shape index (κ2) is 6.47. The number of rotatable bonds is 3. The Labute approximate surface area is 136 Å². The van der Waals surface area contributed by atoms with Crippen molar-refractivity contribution >= 4 is 47.0 Å². The van der Waals surface area contributed by atoms with E-state index < -0.39 is 0 Å². The number of nitrogens with zero attached hydrogens (tertiary/aromatic N) is 2. The maximum Gasteiger partial charge on any atom is 0.255 e. The maximum absolute atomic E-state index is 11.6. The lowest BCUT2D eigenvalue weighted by Crippen LogP contribution is -2.15. The highest BCUT2D eigenvalue weighted by molar-refractivity contribution is 6.45. The summed E-state index contributed by atoms with van der Waals surface area (Å²) in [5.41, 5.74) is 4.05. The van der Waals surface area contributed by atoms with Crippen LogP contribution in [0, 0.1) is 13.8 Å². The first-order chi connectivity index (χ1) is 9.90. The zero-order valence-corrected chi connectivity index (χ0v) is 13.4. The van der Waals surface area contributed by atoms with E-state index in [0.717, 1.165) is 0 Å². The molecule has 1 heterocycles. The Morgan fingerprint density at radius 1 is 1.24 bits per heavy atom. The highest BCUT2D eigenvalue weighted by Gasteiger charge is 2.07. The number of hydrogen-bond donors (Lipinski definition) is 2. The average molecular weight is 346 g/mol. The molecule has 2 N–H and O–H groups in total. The Balaban J connectivity index is 2.25.